The minimum atomic E-state index is -4.09. The van der Waals surface area contributed by atoms with E-state index in [-0.39, 0.29) is 29.4 Å². The lowest BCUT2D eigenvalue weighted by Crippen LogP contribution is -2.68. The Hall–Kier alpha value is -0.290. The Kier molecular flexibility index (Phi) is 8.29. The van der Waals surface area contributed by atoms with Gasteiger partial charge in [0.25, 0.3) is 0 Å². The third-order valence-electron chi connectivity index (χ3n) is 6.57. The zero-order chi connectivity index (χ0) is 19.7. The van der Waals surface area contributed by atoms with Gasteiger partial charge in [-0.05, 0) is 44.7 Å². The molecule has 3 unspecified atom stereocenters. The number of nitrogens with one attached hydrogen (secondary N) is 2. The third kappa shape index (κ3) is 5.65. The molecule has 2 heterocycles. The van der Waals surface area contributed by atoms with Crippen molar-refractivity contribution in [1.82, 2.24) is 15.5 Å². The van der Waals surface area contributed by atoms with Crippen LogP contribution in [0.1, 0.15) is 39.5 Å². The summed E-state index contributed by atoms with van der Waals surface area (Å²) in [5.41, 5.74) is 0.101. The highest BCUT2D eigenvalue weighted by Crippen LogP contribution is 2.52. The number of halogens is 4. The summed E-state index contributed by atoms with van der Waals surface area (Å²) in [4.78, 5) is 5.86. The molecule has 0 bridgehead atoms. The van der Waals surface area contributed by atoms with Crippen LogP contribution in [-0.4, -0.2) is 69.0 Å². The number of likely N-dealkylation sites (tertiary alicyclic amines) is 1. The molecule has 28 heavy (non-hydrogen) atoms. The van der Waals surface area contributed by atoms with Gasteiger partial charge in [-0.25, -0.2) is 0 Å². The SMILES string of the molecule is CN=C(NCCC1CCN(CC(F)(F)F)CC1)NC1C2CCOC2C1(C)C.I. The van der Waals surface area contributed by atoms with E-state index in [1.807, 2.05) is 0 Å². The highest BCUT2D eigenvalue weighted by atomic mass is 127. The summed E-state index contributed by atoms with van der Waals surface area (Å²) in [7, 11) is 1.78. The Morgan fingerprint density at radius 2 is 1.89 bits per heavy atom. The molecule has 2 N–H and O–H groups in total. The van der Waals surface area contributed by atoms with Crippen molar-refractivity contribution in [3.8, 4) is 0 Å². The predicted molar refractivity (Wildman–Crippen MR) is 115 cm³/mol. The molecule has 3 aliphatic rings. The lowest BCUT2D eigenvalue weighted by Gasteiger charge is -2.54. The van der Waals surface area contributed by atoms with E-state index in [0.29, 0.717) is 37.1 Å². The Morgan fingerprint density at radius 3 is 2.50 bits per heavy atom. The zero-order valence-electron chi connectivity index (χ0n) is 17.0. The Labute approximate surface area is 183 Å². The number of aliphatic imine (C=N–C) groups is 1. The van der Waals surface area contributed by atoms with Crippen molar-refractivity contribution in [2.45, 2.75) is 57.9 Å². The second-order valence-corrected chi connectivity index (χ2v) is 8.81. The lowest BCUT2D eigenvalue weighted by molar-refractivity contribution is -0.148. The molecule has 2 aliphatic heterocycles. The fourth-order valence-electron chi connectivity index (χ4n) is 5.04. The van der Waals surface area contributed by atoms with Crippen molar-refractivity contribution in [3.05, 3.63) is 0 Å². The first-order valence-electron chi connectivity index (χ1n) is 10.1. The monoisotopic (exact) mass is 518 g/mol. The van der Waals surface area contributed by atoms with E-state index >= 15 is 0 Å². The summed E-state index contributed by atoms with van der Waals surface area (Å²) in [5.74, 6) is 1.84. The van der Waals surface area contributed by atoms with Crippen LogP contribution in [0, 0.1) is 17.3 Å². The van der Waals surface area contributed by atoms with E-state index in [4.69, 9.17) is 4.74 Å². The van der Waals surface area contributed by atoms with Gasteiger partial charge in [-0.3, -0.25) is 9.89 Å². The number of rotatable bonds is 5. The van der Waals surface area contributed by atoms with Crippen LogP contribution in [0.25, 0.3) is 0 Å². The van der Waals surface area contributed by atoms with Crippen LogP contribution in [0.2, 0.25) is 0 Å². The molecule has 9 heteroatoms. The molecule has 0 aromatic heterocycles. The van der Waals surface area contributed by atoms with E-state index in [1.165, 1.54) is 4.90 Å². The fraction of sp³-hybridized carbons (Fsp3) is 0.947. The largest absolute Gasteiger partial charge is 0.401 e. The Morgan fingerprint density at radius 1 is 1.21 bits per heavy atom. The van der Waals surface area contributed by atoms with Crippen molar-refractivity contribution in [3.63, 3.8) is 0 Å². The Bertz CT molecular complexity index is 536. The zero-order valence-corrected chi connectivity index (χ0v) is 19.3. The number of piperidine rings is 1. The van der Waals surface area contributed by atoms with Gasteiger partial charge >= 0.3 is 6.18 Å². The van der Waals surface area contributed by atoms with Crippen LogP contribution in [0.5, 0.6) is 0 Å². The van der Waals surface area contributed by atoms with Crippen molar-refractivity contribution >= 4 is 29.9 Å². The van der Waals surface area contributed by atoms with E-state index < -0.39 is 12.7 Å². The maximum atomic E-state index is 12.5. The molecule has 164 valence electrons. The maximum absolute atomic E-state index is 12.5. The summed E-state index contributed by atoms with van der Waals surface area (Å²) >= 11 is 0. The molecule has 5 nitrogen and oxygen atoms in total. The number of alkyl halides is 3. The predicted octanol–water partition coefficient (Wildman–Crippen LogP) is 3.25. The van der Waals surface area contributed by atoms with Crippen molar-refractivity contribution in [1.29, 1.82) is 0 Å². The molecule has 3 rings (SSSR count). The number of nitrogens with zero attached hydrogens (tertiary/aromatic N) is 2. The number of guanidine groups is 1. The first-order valence-corrected chi connectivity index (χ1v) is 10.1. The molecule has 0 radical (unpaired) electrons. The summed E-state index contributed by atoms with van der Waals surface area (Å²) < 4.78 is 43.2. The second kappa shape index (κ2) is 9.68. The number of hydrogen-bond acceptors (Lipinski definition) is 3. The average molecular weight is 518 g/mol. The molecule has 3 atom stereocenters. The fourth-order valence-corrected chi connectivity index (χ4v) is 5.04. The Balaban J connectivity index is 0.00000280. The smallest absolute Gasteiger partial charge is 0.377 e. The molecule has 0 aromatic rings. The van der Waals surface area contributed by atoms with Crippen molar-refractivity contribution in [2.24, 2.45) is 22.2 Å². The summed E-state index contributed by atoms with van der Waals surface area (Å²) in [6, 6.07) is 0.363. The molecule has 1 saturated carbocycles. The van der Waals surface area contributed by atoms with Gasteiger partial charge in [0.1, 0.15) is 0 Å². The summed E-state index contributed by atoms with van der Waals surface area (Å²) in [6.07, 6.45) is -0.0232. The quantitative estimate of drug-likeness (QED) is 0.334. The van der Waals surface area contributed by atoms with Gasteiger partial charge in [-0.1, -0.05) is 13.8 Å². The van der Waals surface area contributed by atoms with Crippen LogP contribution in [-0.2, 0) is 4.74 Å². The third-order valence-corrected chi connectivity index (χ3v) is 6.57. The normalized spacial score (nSPS) is 30.9. The van der Waals surface area contributed by atoms with Crippen LogP contribution >= 0.6 is 24.0 Å². The van der Waals surface area contributed by atoms with Crippen molar-refractivity contribution < 1.29 is 17.9 Å². The molecular formula is C19H34F3IN4O. The molecule has 3 fully saturated rings. The maximum Gasteiger partial charge on any atom is 0.401 e. The van der Waals surface area contributed by atoms with Crippen LogP contribution in [0.4, 0.5) is 13.2 Å². The van der Waals surface area contributed by atoms with Gasteiger partial charge in [-0.15, -0.1) is 24.0 Å². The van der Waals surface area contributed by atoms with Gasteiger partial charge in [0.05, 0.1) is 12.6 Å². The average Bonchev–Trinajstić information content (AvgIpc) is 3.05. The molecule has 1 aliphatic carbocycles. The summed E-state index contributed by atoms with van der Waals surface area (Å²) in [6.45, 7) is 6.40. The van der Waals surface area contributed by atoms with E-state index in [2.05, 4.69) is 29.5 Å². The highest BCUT2D eigenvalue weighted by molar-refractivity contribution is 14.0. The van der Waals surface area contributed by atoms with Gasteiger partial charge in [-0.2, -0.15) is 13.2 Å². The van der Waals surface area contributed by atoms with Gasteiger partial charge < -0.3 is 15.4 Å². The highest BCUT2D eigenvalue weighted by Gasteiger charge is 2.59. The first kappa shape index (κ1) is 24.0. The minimum Gasteiger partial charge on any atom is -0.377 e. The summed E-state index contributed by atoms with van der Waals surface area (Å²) in [5, 5.41) is 6.95. The number of fused-ring (bicyclic) bond motifs is 1. The van der Waals surface area contributed by atoms with Gasteiger partial charge in [0.15, 0.2) is 5.96 Å². The van der Waals surface area contributed by atoms with Gasteiger partial charge in [0.2, 0.25) is 0 Å². The van der Waals surface area contributed by atoms with Crippen LogP contribution in [0.15, 0.2) is 4.99 Å². The van der Waals surface area contributed by atoms with E-state index in [9.17, 15) is 13.2 Å². The molecule has 0 aromatic carbocycles. The standard InChI is InChI=1S/C19H33F3N4O.HI/c1-18(2)15(14-7-11-27-16(14)18)25-17(23-3)24-8-4-13-5-9-26(10-6-13)12-19(20,21)22;/h13-16H,4-12H2,1-3H3,(H2,23,24,25);1H. The minimum absolute atomic E-state index is 0. The van der Waals surface area contributed by atoms with E-state index in [0.717, 1.165) is 44.8 Å². The molecule has 2 saturated heterocycles. The van der Waals surface area contributed by atoms with Gasteiger partial charge in [0, 0.05) is 37.6 Å². The number of ether oxygens (including phenoxy) is 1. The van der Waals surface area contributed by atoms with E-state index in [1.54, 1.807) is 7.05 Å². The topological polar surface area (TPSA) is 48.9 Å². The molecular weight excluding hydrogens is 484 g/mol. The lowest BCUT2D eigenvalue weighted by atomic mass is 9.57. The second-order valence-electron chi connectivity index (χ2n) is 8.81. The van der Waals surface area contributed by atoms with Crippen molar-refractivity contribution in [2.75, 3.05) is 39.8 Å². The molecule has 0 spiro atoms. The molecule has 0 amide bonds. The van der Waals surface area contributed by atoms with Crippen LogP contribution in [0.3, 0.4) is 0 Å². The number of hydrogen-bond donors (Lipinski definition) is 2. The first-order chi connectivity index (χ1) is 12.7. The van der Waals surface area contributed by atoms with Crippen LogP contribution < -0.4 is 10.6 Å².